The van der Waals surface area contributed by atoms with Crippen molar-refractivity contribution >= 4 is 27.0 Å². The van der Waals surface area contributed by atoms with Gasteiger partial charge in [0, 0.05) is 11.5 Å². The number of halogens is 1. The fraction of sp³-hybridized carbons (Fsp3) is 0.462. The lowest BCUT2D eigenvalue weighted by Crippen LogP contribution is -2.16. The molecule has 2 aromatic rings. The summed E-state index contributed by atoms with van der Waals surface area (Å²) in [5.41, 5.74) is 3.56. The predicted octanol–water partition coefficient (Wildman–Crippen LogP) is 3.07. The van der Waals surface area contributed by atoms with Crippen LogP contribution in [0.5, 0.6) is 0 Å². The highest BCUT2D eigenvalue weighted by molar-refractivity contribution is 9.10. The van der Waals surface area contributed by atoms with Gasteiger partial charge in [0.15, 0.2) is 0 Å². The van der Waals surface area contributed by atoms with E-state index in [2.05, 4.69) is 51.9 Å². The van der Waals surface area contributed by atoms with Crippen LogP contribution in [0.1, 0.15) is 30.3 Å². The molecular weight excluding hydrogens is 278 g/mol. The molecule has 0 spiro atoms. The van der Waals surface area contributed by atoms with Crippen molar-refractivity contribution in [3.05, 3.63) is 28.0 Å². The summed E-state index contributed by atoms with van der Waals surface area (Å²) >= 11 is 3.55. The van der Waals surface area contributed by atoms with E-state index >= 15 is 0 Å². The van der Waals surface area contributed by atoms with E-state index in [0.29, 0.717) is 6.04 Å². The third kappa shape index (κ3) is 1.79. The van der Waals surface area contributed by atoms with Crippen molar-refractivity contribution in [1.82, 2.24) is 14.9 Å². The second-order valence-electron chi connectivity index (χ2n) is 4.77. The van der Waals surface area contributed by atoms with Crippen molar-refractivity contribution in [2.45, 2.75) is 25.8 Å². The molecule has 0 amide bonds. The van der Waals surface area contributed by atoms with Crippen molar-refractivity contribution in [2.24, 2.45) is 7.05 Å². The molecule has 17 heavy (non-hydrogen) atoms. The lowest BCUT2D eigenvalue weighted by molar-refractivity contribution is 0.584. The van der Waals surface area contributed by atoms with Crippen molar-refractivity contribution < 1.29 is 0 Å². The lowest BCUT2D eigenvalue weighted by atomic mass is 10.2. The fourth-order valence-corrected chi connectivity index (χ4v) is 3.21. The summed E-state index contributed by atoms with van der Waals surface area (Å²) in [4.78, 5) is 4.81. The first kappa shape index (κ1) is 11.2. The van der Waals surface area contributed by atoms with Gasteiger partial charge in [-0.15, -0.1) is 0 Å². The summed E-state index contributed by atoms with van der Waals surface area (Å²) in [6.45, 7) is 3.22. The number of nitrogens with one attached hydrogen (secondary N) is 1. The topological polar surface area (TPSA) is 29.9 Å². The molecule has 1 aliphatic rings. The van der Waals surface area contributed by atoms with E-state index in [9.17, 15) is 0 Å². The lowest BCUT2D eigenvalue weighted by Gasteiger charge is -2.09. The van der Waals surface area contributed by atoms with E-state index in [4.69, 9.17) is 4.98 Å². The predicted molar refractivity (Wildman–Crippen MR) is 73.1 cm³/mol. The average molecular weight is 294 g/mol. The van der Waals surface area contributed by atoms with Gasteiger partial charge in [-0.3, -0.25) is 0 Å². The van der Waals surface area contributed by atoms with Crippen LogP contribution in [0.3, 0.4) is 0 Å². The first-order chi connectivity index (χ1) is 8.16. The molecule has 2 heterocycles. The van der Waals surface area contributed by atoms with Gasteiger partial charge in [-0.25, -0.2) is 4.98 Å². The zero-order valence-electron chi connectivity index (χ0n) is 10.1. The van der Waals surface area contributed by atoms with Crippen LogP contribution in [0.25, 0.3) is 11.0 Å². The molecule has 0 bridgehead atoms. The summed E-state index contributed by atoms with van der Waals surface area (Å²) in [7, 11) is 2.11. The van der Waals surface area contributed by atoms with Crippen molar-refractivity contribution in [3.63, 3.8) is 0 Å². The van der Waals surface area contributed by atoms with E-state index in [1.165, 1.54) is 29.7 Å². The van der Waals surface area contributed by atoms with Crippen LogP contribution in [0.15, 0.2) is 16.6 Å². The second-order valence-corrected chi connectivity index (χ2v) is 5.68. The number of rotatable bonds is 1. The van der Waals surface area contributed by atoms with E-state index < -0.39 is 0 Å². The Morgan fingerprint density at radius 1 is 1.47 bits per heavy atom. The Hall–Kier alpha value is -0.870. The van der Waals surface area contributed by atoms with Crippen LogP contribution in [0.2, 0.25) is 0 Å². The molecule has 4 heteroatoms. The molecule has 0 aliphatic carbocycles. The van der Waals surface area contributed by atoms with Crippen molar-refractivity contribution in [1.29, 1.82) is 0 Å². The second kappa shape index (κ2) is 4.10. The fourth-order valence-electron chi connectivity index (χ4n) is 2.65. The number of hydrogen-bond acceptors (Lipinski definition) is 2. The number of hydrogen-bond donors (Lipinski definition) is 1. The molecule has 1 N–H and O–H groups in total. The van der Waals surface area contributed by atoms with Crippen molar-refractivity contribution in [3.8, 4) is 0 Å². The summed E-state index contributed by atoms with van der Waals surface area (Å²) in [5.74, 6) is 1.17. The minimum atomic E-state index is 0.422. The SMILES string of the molecule is Cc1cc(Br)cc2c1nc(C1CCCN1)n2C. The largest absolute Gasteiger partial charge is 0.330 e. The number of fused-ring (bicyclic) bond motifs is 1. The standard InChI is InChI=1S/C13H16BrN3/c1-8-6-9(14)7-11-12(8)16-13(17(11)2)10-4-3-5-15-10/h6-7,10,15H,3-5H2,1-2H3. The monoisotopic (exact) mass is 293 g/mol. The van der Waals surface area contributed by atoms with Gasteiger partial charge < -0.3 is 9.88 Å². The van der Waals surface area contributed by atoms with Gasteiger partial charge in [-0.1, -0.05) is 15.9 Å². The molecular formula is C13H16BrN3. The van der Waals surface area contributed by atoms with Crippen molar-refractivity contribution in [2.75, 3.05) is 6.54 Å². The maximum atomic E-state index is 4.81. The molecule has 1 saturated heterocycles. The van der Waals surface area contributed by atoms with E-state index in [1.807, 2.05) is 0 Å². The minimum Gasteiger partial charge on any atom is -0.330 e. The molecule has 0 radical (unpaired) electrons. The molecule has 90 valence electrons. The van der Waals surface area contributed by atoms with Crippen LogP contribution in [0.4, 0.5) is 0 Å². The van der Waals surface area contributed by atoms with Crippen LogP contribution < -0.4 is 5.32 Å². The quantitative estimate of drug-likeness (QED) is 0.876. The van der Waals surface area contributed by atoms with Gasteiger partial charge in [0.25, 0.3) is 0 Å². The average Bonchev–Trinajstić information content (AvgIpc) is 2.87. The molecule has 1 aliphatic heterocycles. The highest BCUT2D eigenvalue weighted by Gasteiger charge is 2.22. The highest BCUT2D eigenvalue weighted by Crippen LogP contribution is 2.29. The van der Waals surface area contributed by atoms with Gasteiger partial charge in [0.2, 0.25) is 0 Å². The molecule has 0 saturated carbocycles. The molecule has 1 fully saturated rings. The number of imidazole rings is 1. The minimum absolute atomic E-state index is 0.422. The highest BCUT2D eigenvalue weighted by atomic mass is 79.9. The number of aryl methyl sites for hydroxylation is 2. The van der Waals surface area contributed by atoms with Crippen LogP contribution in [0, 0.1) is 6.92 Å². The Kier molecular flexibility index (Phi) is 2.71. The Morgan fingerprint density at radius 3 is 3.00 bits per heavy atom. The van der Waals surface area contributed by atoms with Crippen LogP contribution >= 0.6 is 15.9 Å². The van der Waals surface area contributed by atoms with Gasteiger partial charge >= 0.3 is 0 Å². The Bertz CT molecular complexity index is 568. The van der Waals surface area contributed by atoms with Gasteiger partial charge in [0.05, 0.1) is 17.1 Å². The summed E-state index contributed by atoms with van der Waals surface area (Å²) in [5, 5.41) is 3.51. The van der Waals surface area contributed by atoms with E-state index in [1.54, 1.807) is 0 Å². The zero-order chi connectivity index (χ0) is 12.0. The first-order valence-corrected chi connectivity index (χ1v) is 6.82. The third-order valence-electron chi connectivity index (χ3n) is 3.55. The van der Waals surface area contributed by atoms with Gasteiger partial charge in [-0.2, -0.15) is 0 Å². The van der Waals surface area contributed by atoms with Crippen LogP contribution in [-0.4, -0.2) is 16.1 Å². The number of benzene rings is 1. The summed E-state index contributed by atoms with van der Waals surface area (Å²) in [6, 6.07) is 4.69. The molecule has 1 aromatic carbocycles. The molecule has 3 nitrogen and oxygen atoms in total. The molecule has 1 aromatic heterocycles. The number of aromatic nitrogens is 2. The maximum absolute atomic E-state index is 4.81. The Labute approximate surface area is 109 Å². The first-order valence-electron chi connectivity index (χ1n) is 6.02. The normalized spacial score (nSPS) is 20.3. The molecule has 1 unspecified atom stereocenters. The smallest absolute Gasteiger partial charge is 0.126 e. The van der Waals surface area contributed by atoms with Crippen LogP contribution in [-0.2, 0) is 7.05 Å². The van der Waals surface area contributed by atoms with Gasteiger partial charge in [-0.05, 0) is 44.0 Å². The third-order valence-corrected chi connectivity index (χ3v) is 4.01. The molecule has 3 rings (SSSR count). The molecule has 1 atom stereocenters. The summed E-state index contributed by atoms with van der Waals surface area (Å²) < 4.78 is 3.34. The Morgan fingerprint density at radius 2 is 2.29 bits per heavy atom. The van der Waals surface area contributed by atoms with E-state index in [-0.39, 0.29) is 0 Å². The maximum Gasteiger partial charge on any atom is 0.126 e. The summed E-state index contributed by atoms with van der Waals surface area (Å²) in [6.07, 6.45) is 2.44. The van der Waals surface area contributed by atoms with Gasteiger partial charge in [0.1, 0.15) is 5.82 Å². The number of nitrogens with zero attached hydrogens (tertiary/aromatic N) is 2. The van der Waals surface area contributed by atoms with E-state index in [0.717, 1.165) is 16.5 Å². The Balaban J connectivity index is 2.20. The zero-order valence-corrected chi connectivity index (χ0v) is 11.7.